The maximum Gasteiger partial charge on any atom is 0.230 e. The van der Waals surface area contributed by atoms with Crippen molar-refractivity contribution in [2.75, 3.05) is 0 Å². The topological polar surface area (TPSA) is 73.8 Å². The Bertz CT molecular complexity index is 931. The molecule has 5 nitrogen and oxygen atoms in total. The summed E-state index contributed by atoms with van der Waals surface area (Å²) in [5.41, 5.74) is 6.21. The van der Waals surface area contributed by atoms with E-state index in [-0.39, 0.29) is 5.69 Å². The van der Waals surface area contributed by atoms with Gasteiger partial charge in [0, 0.05) is 5.56 Å². The first-order chi connectivity index (χ1) is 12.0. The highest BCUT2D eigenvalue weighted by Gasteiger charge is 2.22. The van der Waals surface area contributed by atoms with Gasteiger partial charge >= 0.3 is 0 Å². The van der Waals surface area contributed by atoms with Crippen LogP contribution in [0, 0.1) is 5.82 Å². The average Bonchev–Trinajstić information content (AvgIpc) is 2.99. The van der Waals surface area contributed by atoms with E-state index < -0.39 is 17.0 Å². The minimum absolute atomic E-state index is 0.265. The quantitative estimate of drug-likeness (QED) is 0.689. The minimum atomic E-state index is -0.547. The Morgan fingerprint density at radius 1 is 1.20 bits per heavy atom. The zero-order chi connectivity index (χ0) is 18.0. The molecule has 1 atom stereocenters. The van der Waals surface area contributed by atoms with Gasteiger partial charge in [-0.3, -0.25) is 9.36 Å². The van der Waals surface area contributed by atoms with Crippen LogP contribution in [0.15, 0.2) is 53.7 Å². The van der Waals surface area contributed by atoms with Crippen LogP contribution in [0.4, 0.5) is 4.39 Å². The van der Waals surface area contributed by atoms with E-state index in [2.05, 4.69) is 10.2 Å². The molecule has 0 aliphatic rings. The van der Waals surface area contributed by atoms with Crippen LogP contribution >= 0.6 is 23.4 Å². The van der Waals surface area contributed by atoms with E-state index >= 15 is 0 Å². The largest absolute Gasteiger partial charge is 0.369 e. The van der Waals surface area contributed by atoms with Crippen LogP contribution in [0.2, 0.25) is 5.02 Å². The molecule has 0 saturated heterocycles. The summed E-state index contributed by atoms with van der Waals surface area (Å²) >= 11 is 7.38. The average molecular weight is 377 g/mol. The fourth-order valence-electron chi connectivity index (χ4n) is 2.23. The van der Waals surface area contributed by atoms with Crippen molar-refractivity contribution >= 4 is 29.3 Å². The molecule has 3 rings (SSSR count). The van der Waals surface area contributed by atoms with E-state index in [4.69, 9.17) is 17.3 Å². The molecule has 1 aromatic heterocycles. The van der Waals surface area contributed by atoms with Gasteiger partial charge in [0.2, 0.25) is 5.91 Å². The van der Waals surface area contributed by atoms with Crippen molar-refractivity contribution in [3.05, 3.63) is 59.4 Å². The first-order valence-electron chi connectivity index (χ1n) is 7.40. The molecule has 0 unspecified atom stereocenters. The van der Waals surface area contributed by atoms with Gasteiger partial charge in [-0.15, -0.1) is 10.2 Å². The van der Waals surface area contributed by atoms with E-state index in [1.54, 1.807) is 54.0 Å². The SMILES string of the molecule is C[C@@H](Sc1nnc(-c2ccccc2Cl)n1-c1ccccc1F)C(N)=O. The number of primary amides is 1. The van der Waals surface area contributed by atoms with Crippen LogP contribution in [0.25, 0.3) is 17.1 Å². The van der Waals surface area contributed by atoms with Crippen LogP contribution in [-0.2, 0) is 4.79 Å². The normalized spacial score (nSPS) is 12.1. The van der Waals surface area contributed by atoms with Gasteiger partial charge in [0.25, 0.3) is 0 Å². The second-order valence-electron chi connectivity index (χ2n) is 5.24. The number of benzene rings is 2. The van der Waals surface area contributed by atoms with Crippen molar-refractivity contribution in [2.45, 2.75) is 17.3 Å². The Morgan fingerprint density at radius 2 is 1.88 bits per heavy atom. The van der Waals surface area contributed by atoms with Crippen LogP contribution < -0.4 is 5.73 Å². The van der Waals surface area contributed by atoms with Crippen molar-refractivity contribution in [3.63, 3.8) is 0 Å². The van der Waals surface area contributed by atoms with E-state index in [0.717, 1.165) is 11.8 Å². The number of thioether (sulfide) groups is 1. The fourth-order valence-corrected chi connectivity index (χ4v) is 3.26. The molecule has 0 aliphatic carbocycles. The summed E-state index contributed by atoms with van der Waals surface area (Å²) in [4.78, 5) is 11.4. The third-order valence-electron chi connectivity index (χ3n) is 3.52. The fraction of sp³-hybridized carbons (Fsp3) is 0.118. The number of nitrogens with zero attached hydrogens (tertiary/aromatic N) is 3. The van der Waals surface area contributed by atoms with Crippen LogP contribution in [0.5, 0.6) is 0 Å². The van der Waals surface area contributed by atoms with Crippen molar-refractivity contribution in [2.24, 2.45) is 5.73 Å². The maximum absolute atomic E-state index is 14.4. The number of amides is 1. The van der Waals surface area contributed by atoms with Gasteiger partial charge in [-0.1, -0.05) is 47.6 Å². The predicted molar refractivity (Wildman–Crippen MR) is 96.3 cm³/mol. The zero-order valence-corrected chi connectivity index (χ0v) is 14.8. The van der Waals surface area contributed by atoms with Gasteiger partial charge in [-0.25, -0.2) is 4.39 Å². The first-order valence-corrected chi connectivity index (χ1v) is 8.66. The van der Waals surface area contributed by atoms with Gasteiger partial charge in [0.05, 0.1) is 16.0 Å². The number of nitrogens with two attached hydrogens (primary N) is 1. The molecule has 0 radical (unpaired) electrons. The Morgan fingerprint density at radius 3 is 2.56 bits per heavy atom. The maximum atomic E-state index is 14.4. The first kappa shape index (κ1) is 17.4. The molecule has 8 heteroatoms. The number of hydrogen-bond acceptors (Lipinski definition) is 4. The van der Waals surface area contributed by atoms with Crippen LogP contribution in [0.1, 0.15) is 6.92 Å². The van der Waals surface area contributed by atoms with E-state index in [9.17, 15) is 9.18 Å². The lowest BCUT2D eigenvalue weighted by atomic mass is 10.2. The third-order valence-corrected chi connectivity index (χ3v) is 4.91. The number of aromatic nitrogens is 3. The summed E-state index contributed by atoms with van der Waals surface area (Å²) < 4.78 is 16.0. The van der Waals surface area contributed by atoms with Crippen LogP contribution in [0.3, 0.4) is 0 Å². The second-order valence-corrected chi connectivity index (χ2v) is 6.95. The molecule has 128 valence electrons. The smallest absolute Gasteiger partial charge is 0.230 e. The van der Waals surface area contributed by atoms with Crippen molar-refractivity contribution in [1.82, 2.24) is 14.8 Å². The monoisotopic (exact) mass is 376 g/mol. The molecule has 0 bridgehead atoms. The van der Waals surface area contributed by atoms with E-state index in [1.165, 1.54) is 6.07 Å². The Hall–Kier alpha value is -2.38. The summed E-state index contributed by atoms with van der Waals surface area (Å²) in [6.45, 7) is 1.66. The molecule has 1 amide bonds. The van der Waals surface area contributed by atoms with Gasteiger partial charge in [-0.2, -0.15) is 0 Å². The summed E-state index contributed by atoms with van der Waals surface area (Å²) in [7, 11) is 0. The van der Waals surface area contributed by atoms with Crippen molar-refractivity contribution < 1.29 is 9.18 Å². The Balaban J connectivity index is 2.20. The molecular formula is C17H14ClFN4OS. The standard InChI is InChI=1S/C17H14ClFN4OS/c1-10(15(20)24)25-17-22-21-16(11-6-2-3-7-12(11)18)23(17)14-9-5-4-8-13(14)19/h2-10H,1H3,(H2,20,24)/t10-/m1/s1. The van der Waals surface area contributed by atoms with Gasteiger partial charge in [-0.05, 0) is 31.2 Å². The molecule has 0 spiro atoms. The number of halogens is 2. The summed E-state index contributed by atoms with van der Waals surface area (Å²) in [6, 6.07) is 13.3. The highest BCUT2D eigenvalue weighted by atomic mass is 35.5. The molecule has 0 saturated carbocycles. The van der Waals surface area contributed by atoms with E-state index in [0.29, 0.717) is 21.6 Å². The minimum Gasteiger partial charge on any atom is -0.369 e. The van der Waals surface area contributed by atoms with Crippen LogP contribution in [-0.4, -0.2) is 25.9 Å². The summed E-state index contributed by atoms with van der Waals surface area (Å²) in [5.74, 6) is -0.550. The number of rotatable bonds is 5. The molecule has 25 heavy (non-hydrogen) atoms. The van der Waals surface area contributed by atoms with Gasteiger partial charge in [0.15, 0.2) is 11.0 Å². The number of para-hydroxylation sites is 1. The zero-order valence-electron chi connectivity index (χ0n) is 13.2. The Labute approximate surface area is 153 Å². The molecule has 1 heterocycles. The summed E-state index contributed by atoms with van der Waals surface area (Å²) in [5, 5.41) is 8.55. The molecule has 0 fully saturated rings. The van der Waals surface area contributed by atoms with Crippen molar-refractivity contribution in [3.8, 4) is 17.1 Å². The molecular weight excluding hydrogens is 363 g/mol. The van der Waals surface area contributed by atoms with Gasteiger partial charge in [0.1, 0.15) is 5.82 Å². The highest BCUT2D eigenvalue weighted by molar-refractivity contribution is 8.00. The van der Waals surface area contributed by atoms with Gasteiger partial charge < -0.3 is 5.73 Å². The molecule has 2 aromatic carbocycles. The number of hydrogen-bond donors (Lipinski definition) is 1. The predicted octanol–water partition coefficient (Wildman–Crippen LogP) is 3.69. The Kier molecular flexibility index (Phi) is 5.06. The summed E-state index contributed by atoms with van der Waals surface area (Å²) in [6.07, 6.45) is 0. The lowest BCUT2D eigenvalue weighted by molar-refractivity contribution is -0.117. The van der Waals surface area contributed by atoms with Crippen molar-refractivity contribution in [1.29, 1.82) is 0 Å². The molecule has 0 aliphatic heterocycles. The van der Waals surface area contributed by atoms with E-state index in [1.807, 2.05) is 0 Å². The molecule has 2 N–H and O–H groups in total. The third kappa shape index (κ3) is 3.52. The number of carbonyl (C=O) groups excluding carboxylic acids is 1. The highest BCUT2D eigenvalue weighted by Crippen LogP contribution is 2.33. The molecule has 3 aromatic rings. The second kappa shape index (κ2) is 7.25. The number of carbonyl (C=O) groups is 1. The lowest BCUT2D eigenvalue weighted by Gasteiger charge is -2.13. The lowest BCUT2D eigenvalue weighted by Crippen LogP contribution is -2.23.